The van der Waals surface area contributed by atoms with Crippen molar-refractivity contribution in [2.75, 3.05) is 0 Å². The van der Waals surface area contributed by atoms with E-state index in [9.17, 15) is 0 Å². The molecule has 2 aliphatic rings. The minimum absolute atomic E-state index is 0.892. The van der Waals surface area contributed by atoms with Gasteiger partial charge in [-0.1, -0.05) is 36.4 Å². The second-order valence-corrected chi connectivity index (χ2v) is 9.74. The summed E-state index contributed by atoms with van der Waals surface area (Å²) >= 11 is 0. The fraction of sp³-hybridized carbons (Fsp3) is 0.0645. The molecular weight excluding hydrogens is 428 g/mol. The molecule has 0 amide bonds. The summed E-state index contributed by atoms with van der Waals surface area (Å²) in [5.41, 5.74) is 16.1. The molecule has 4 nitrogen and oxygen atoms in total. The van der Waals surface area contributed by atoms with Gasteiger partial charge in [0.1, 0.15) is 5.52 Å². The zero-order chi connectivity index (χ0) is 22.7. The molecule has 9 rings (SSSR count). The van der Waals surface area contributed by atoms with E-state index in [1.54, 1.807) is 0 Å². The van der Waals surface area contributed by atoms with E-state index in [-0.39, 0.29) is 0 Å². The van der Waals surface area contributed by atoms with E-state index in [1.807, 2.05) is 24.7 Å². The molecule has 0 saturated heterocycles. The molecule has 3 aromatic carbocycles. The standard InChI is InChI=1S/C31H18N4/c1-2-5-21-17(4-1)10-18-11-19-12-20-13-28-27(15-26(20)25(19)14-24(18)21)34-31-30-23(6-3-8-33-30)22-7-9-32-16-29(22)35(28)31/h1-9,11,13-16H,10,12H2. The minimum atomic E-state index is 0.892. The lowest BCUT2D eigenvalue weighted by molar-refractivity contribution is 1.21. The number of fused-ring (bicyclic) bond motifs is 14. The van der Waals surface area contributed by atoms with Crippen molar-refractivity contribution >= 4 is 38.5 Å². The molecule has 0 unspecified atom stereocenters. The first-order valence-corrected chi connectivity index (χ1v) is 12.0. The van der Waals surface area contributed by atoms with Crippen LogP contribution in [0.4, 0.5) is 0 Å². The van der Waals surface area contributed by atoms with Gasteiger partial charge in [0.25, 0.3) is 0 Å². The van der Waals surface area contributed by atoms with Gasteiger partial charge in [-0.25, -0.2) is 4.98 Å². The number of pyridine rings is 3. The van der Waals surface area contributed by atoms with Crippen LogP contribution in [0.3, 0.4) is 0 Å². The summed E-state index contributed by atoms with van der Waals surface area (Å²) in [6, 6.07) is 24.5. The van der Waals surface area contributed by atoms with Gasteiger partial charge in [-0.2, -0.15) is 0 Å². The molecule has 0 atom stereocenters. The Balaban J connectivity index is 1.35. The van der Waals surface area contributed by atoms with Crippen LogP contribution in [0.1, 0.15) is 22.3 Å². The molecule has 4 heterocycles. The fourth-order valence-electron chi connectivity index (χ4n) is 6.40. The van der Waals surface area contributed by atoms with Crippen LogP contribution < -0.4 is 0 Å². The van der Waals surface area contributed by atoms with Gasteiger partial charge < -0.3 is 0 Å². The smallest absolute Gasteiger partial charge is 0.165 e. The first-order chi connectivity index (χ1) is 17.3. The zero-order valence-electron chi connectivity index (χ0n) is 18.8. The van der Waals surface area contributed by atoms with Gasteiger partial charge >= 0.3 is 0 Å². The monoisotopic (exact) mass is 446 g/mol. The molecule has 0 aliphatic heterocycles. The van der Waals surface area contributed by atoms with E-state index in [4.69, 9.17) is 9.97 Å². The third-order valence-corrected chi connectivity index (χ3v) is 7.92. The lowest BCUT2D eigenvalue weighted by atomic mass is 9.98. The maximum atomic E-state index is 5.13. The van der Waals surface area contributed by atoms with Gasteiger partial charge in [0.05, 0.1) is 22.7 Å². The van der Waals surface area contributed by atoms with E-state index in [0.29, 0.717) is 0 Å². The van der Waals surface area contributed by atoms with Gasteiger partial charge in [0.15, 0.2) is 5.65 Å². The SMILES string of the molecule is c1ccc2c(c1)Cc1cc3c(cc1-2)-c1cc2nc4c5ncccc5c5ccncc5n4c2cc1C3. The maximum absolute atomic E-state index is 5.13. The molecule has 0 saturated carbocycles. The number of benzene rings is 3. The molecule has 162 valence electrons. The Hall–Kier alpha value is -4.57. The van der Waals surface area contributed by atoms with Gasteiger partial charge in [-0.05, 0) is 87.7 Å². The van der Waals surface area contributed by atoms with Crippen LogP contribution >= 0.6 is 0 Å². The lowest BCUT2D eigenvalue weighted by Crippen LogP contribution is -1.94. The van der Waals surface area contributed by atoms with Crippen molar-refractivity contribution < 1.29 is 0 Å². The first-order valence-electron chi connectivity index (χ1n) is 12.0. The molecule has 7 aromatic rings. The Labute approximate surface area is 200 Å². The Bertz CT molecular complexity index is 2070. The molecule has 2 aliphatic carbocycles. The number of hydrogen-bond donors (Lipinski definition) is 0. The topological polar surface area (TPSA) is 43.1 Å². The summed E-state index contributed by atoms with van der Waals surface area (Å²) in [7, 11) is 0. The van der Waals surface area contributed by atoms with Gasteiger partial charge in [-0.3, -0.25) is 14.4 Å². The first kappa shape index (κ1) is 17.8. The summed E-state index contributed by atoms with van der Waals surface area (Å²) in [4.78, 5) is 14.3. The molecule has 4 aromatic heterocycles. The highest BCUT2D eigenvalue weighted by Crippen LogP contribution is 2.46. The van der Waals surface area contributed by atoms with E-state index in [0.717, 1.165) is 51.3 Å². The number of nitrogens with zero attached hydrogens (tertiary/aromatic N) is 4. The highest BCUT2D eigenvalue weighted by molar-refractivity contribution is 6.12. The van der Waals surface area contributed by atoms with Crippen LogP contribution in [0.2, 0.25) is 0 Å². The Morgan fingerprint density at radius 1 is 0.629 bits per heavy atom. The van der Waals surface area contributed by atoms with E-state index >= 15 is 0 Å². The predicted octanol–water partition coefficient (Wildman–Crippen LogP) is 6.73. The molecule has 0 fully saturated rings. The van der Waals surface area contributed by atoms with Gasteiger partial charge in [0, 0.05) is 23.2 Å². The van der Waals surface area contributed by atoms with Gasteiger partial charge in [0.2, 0.25) is 0 Å². The van der Waals surface area contributed by atoms with E-state index < -0.39 is 0 Å². The second kappa shape index (κ2) is 6.10. The predicted molar refractivity (Wildman–Crippen MR) is 140 cm³/mol. The molecule has 0 radical (unpaired) electrons. The minimum Gasteiger partial charge on any atom is -0.289 e. The van der Waals surface area contributed by atoms with Crippen molar-refractivity contribution in [3.05, 3.63) is 108 Å². The summed E-state index contributed by atoms with van der Waals surface area (Å²) < 4.78 is 2.24. The Morgan fingerprint density at radius 2 is 1.46 bits per heavy atom. The Morgan fingerprint density at radius 3 is 2.43 bits per heavy atom. The second-order valence-electron chi connectivity index (χ2n) is 9.74. The molecule has 0 bridgehead atoms. The highest BCUT2D eigenvalue weighted by atomic mass is 15.0. The lowest BCUT2D eigenvalue weighted by Gasteiger charge is -2.08. The van der Waals surface area contributed by atoms with E-state index in [2.05, 4.69) is 70.0 Å². The number of aromatic nitrogens is 4. The van der Waals surface area contributed by atoms with Crippen LogP contribution in [0.25, 0.3) is 60.7 Å². The van der Waals surface area contributed by atoms with Crippen molar-refractivity contribution in [3.8, 4) is 22.3 Å². The van der Waals surface area contributed by atoms with Crippen molar-refractivity contribution in [1.82, 2.24) is 19.4 Å². The molecule has 4 heteroatoms. The number of imidazole rings is 1. The molecule has 0 N–H and O–H groups in total. The van der Waals surface area contributed by atoms with Crippen LogP contribution in [0.15, 0.2) is 85.3 Å². The highest BCUT2D eigenvalue weighted by Gasteiger charge is 2.26. The van der Waals surface area contributed by atoms with Crippen LogP contribution in [-0.2, 0) is 12.8 Å². The summed E-state index contributed by atoms with van der Waals surface area (Å²) in [5, 5.41) is 2.26. The van der Waals surface area contributed by atoms with Crippen LogP contribution in [0, 0.1) is 0 Å². The van der Waals surface area contributed by atoms with Crippen LogP contribution in [0.5, 0.6) is 0 Å². The number of rotatable bonds is 0. The third kappa shape index (κ3) is 2.20. The van der Waals surface area contributed by atoms with Crippen LogP contribution in [-0.4, -0.2) is 19.4 Å². The summed E-state index contributed by atoms with van der Waals surface area (Å²) in [6.45, 7) is 0. The van der Waals surface area contributed by atoms with Gasteiger partial charge in [-0.15, -0.1) is 0 Å². The van der Waals surface area contributed by atoms with Crippen molar-refractivity contribution in [1.29, 1.82) is 0 Å². The molecule has 35 heavy (non-hydrogen) atoms. The largest absolute Gasteiger partial charge is 0.289 e. The van der Waals surface area contributed by atoms with Crippen molar-refractivity contribution in [2.45, 2.75) is 12.8 Å². The Kier molecular flexibility index (Phi) is 3.11. The number of hydrogen-bond acceptors (Lipinski definition) is 3. The maximum Gasteiger partial charge on any atom is 0.165 e. The quantitative estimate of drug-likeness (QED) is 0.243. The fourth-order valence-corrected chi connectivity index (χ4v) is 6.40. The van der Waals surface area contributed by atoms with E-state index in [1.165, 1.54) is 44.5 Å². The molecule has 0 spiro atoms. The molecular formula is C31H18N4. The summed E-state index contributed by atoms with van der Waals surface area (Å²) in [6.07, 6.45) is 7.64. The average molecular weight is 447 g/mol. The zero-order valence-corrected chi connectivity index (χ0v) is 18.8. The normalized spacial score (nSPS) is 13.5. The van der Waals surface area contributed by atoms with Crippen molar-refractivity contribution in [3.63, 3.8) is 0 Å². The van der Waals surface area contributed by atoms with Crippen molar-refractivity contribution in [2.24, 2.45) is 0 Å². The average Bonchev–Trinajstić information content (AvgIpc) is 3.56. The summed E-state index contributed by atoms with van der Waals surface area (Å²) in [5.74, 6) is 0. The third-order valence-electron chi connectivity index (χ3n) is 7.92.